The summed E-state index contributed by atoms with van der Waals surface area (Å²) in [4.78, 5) is 24.8. The predicted octanol–water partition coefficient (Wildman–Crippen LogP) is 2.61. The van der Waals surface area contributed by atoms with Crippen LogP contribution in [-0.4, -0.2) is 35.0 Å². The number of hydrogen-bond donors (Lipinski definition) is 1. The number of aliphatic carboxylic acids is 1. The van der Waals surface area contributed by atoms with Crippen LogP contribution in [-0.2, 0) is 16.0 Å². The Morgan fingerprint density at radius 3 is 2.64 bits per heavy atom. The minimum atomic E-state index is -0.888. The molecule has 0 radical (unpaired) electrons. The van der Waals surface area contributed by atoms with Gasteiger partial charge in [0.05, 0.1) is 5.41 Å². The van der Waals surface area contributed by atoms with E-state index < -0.39 is 23.0 Å². The number of carboxylic acid groups (broad SMARTS) is 1. The van der Waals surface area contributed by atoms with Gasteiger partial charge in [-0.15, -0.1) is 0 Å². The second-order valence-corrected chi connectivity index (χ2v) is 6.03. The van der Waals surface area contributed by atoms with Crippen LogP contribution < -0.4 is 0 Å². The van der Waals surface area contributed by atoms with Gasteiger partial charge in [-0.25, -0.2) is 8.78 Å². The molecule has 0 aliphatic carbocycles. The van der Waals surface area contributed by atoms with E-state index in [2.05, 4.69) is 0 Å². The molecule has 0 saturated carbocycles. The molecule has 6 heteroatoms. The predicted molar refractivity (Wildman–Crippen MR) is 76.2 cm³/mol. The highest BCUT2D eigenvalue weighted by atomic mass is 19.2. The average molecular weight is 311 g/mol. The van der Waals surface area contributed by atoms with Crippen LogP contribution in [0.2, 0.25) is 0 Å². The molecule has 120 valence electrons. The van der Waals surface area contributed by atoms with Gasteiger partial charge in [-0.05, 0) is 43.9 Å². The van der Waals surface area contributed by atoms with Crippen LogP contribution >= 0.6 is 0 Å². The van der Waals surface area contributed by atoms with E-state index in [1.807, 2.05) is 0 Å². The summed E-state index contributed by atoms with van der Waals surface area (Å²) in [5.41, 5.74) is -0.223. The number of nitrogens with zero attached hydrogens (tertiary/aromatic N) is 1. The molecule has 2 rings (SSSR count). The van der Waals surface area contributed by atoms with Gasteiger partial charge < -0.3 is 10.0 Å². The van der Waals surface area contributed by atoms with E-state index in [-0.39, 0.29) is 18.9 Å². The monoisotopic (exact) mass is 311 g/mol. The molecule has 1 amide bonds. The van der Waals surface area contributed by atoms with Gasteiger partial charge in [-0.3, -0.25) is 9.59 Å². The van der Waals surface area contributed by atoms with Crippen LogP contribution in [0.4, 0.5) is 8.78 Å². The van der Waals surface area contributed by atoms with Crippen molar-refractivity contribution in [1.29, 1.82) is 0 Å². The van der Waals surface area contributed by atoms with Gasteiger partial charge >= 0.3 is 5.97 Å². The second kappa shape index (κ2) is 6.42. The number of rotatable bonds is 5. The summed E-state index contributed by atoms with van der Waals surface area (Å²) in [6.07, 6.45) is 1.73. The Balaban J connectivity index is 1.81. The second-order valence-electron chi connectivity index (χ2n) is 6.03. The van der Waals surface area contributed by atoms with Gasteiger partial charge in [0.2, 0.25) is 5.91 Å². The van der Waals surface area contributed by atoms with Crippen molar-refractivity contribution >= 4 is 11.9 Å². The highest BCUT2D eigenvalue weighted by Gasteiger charge is 2.41. The summed E-state index contributed by atoms with van der Waals surface area (Å²) < 4.78 is 25.9. The lowest BCUT2D eigenvalue weighted by molar-refractivity contribution is -0.147. The van der Waals surface area contributed by atoms with Crippen molar-refractivity contribution in [2.75, 3.05) is 13.1 Å². The first-order valence-electron chi connectivity index (χ1n) is 7.27. The summed E-state index contributed by atoms with van der Waals surface area (Å²) in [6, 6.07) is 3.71. The first-order valence-corrected chi connectivity index (χ1v) is 7.27. The molecule has 1 saturated heterocycles. The van der Waals surface area contributed by atoms with E-state index in [0.717, 1.165) is 12.1 Å². The van der Waals surface area contributed by atoms with Crippen molar-refractivity contribution in [3.63, 3.8) is 0 Å². The third-order valence-electron chi connectivity index (χ3n) is 4.18. The molecule has 1 atom stereocenters. The van der Waals surface area contributed by atoms with Crippen LogP contribution in [0.3, 0.4) is 0 Å². The SMILES string of the molecule is C[C@@]1(C(=O)O)CCN(C(=O)CCCc2ccc(F)c(F)c2)C1. The number of amides is 1. The van der Waals surface area contributed by atoms with E-state index >= 15 is 0 Å². The zero-order valence-electron chi connectivity index (χ0n) is 12.4. The number of carbonyl (C=O) groups excluding carboxylic acids is 1. The largest absolute Gasteiger partial charge is 0.481 e. The minimum absolute atomic E-state index is 0.0902. The fraction of sp³-hybridized carbons (Fsp3) is 0.500. The van der Waals surface area contributed by atoms with Crippen molar-refractivity contribution in [2.24, 2.45) is 5.41 Å². The maximum absolute atomic E-state index is 13.1. The highest BCUT2D eigenvalue weighted by molar-refractivity contribution is 5.80. The van der Waals surface area contributed by atoms with E-state index in [0.29, 0.717) is 31.4 Å². The van der Waals surface area contributed by atoms with Gasteiger partial charge in [-0.1, -0.05) is 6.07 Å². The van der Waals surface area contributed by atoms with Crippen LogP contribution in [0, 0.1) is 17.0 Å². The van der Waals surface area contributed by atoms with E-state index in [1.165, 1.54) is 6.07 Å². The number of likely N-dealkylation sites (tertiary alicyclic amines) is 1. The molecule has 1 fully saturated rings. The Kier molecular flexibility index (Phi) is 4.78. The summed E-state index contributed by atoms with van der Waals surface area (Å²) in [5.74, 6) is -2.75. The molecule has 1 N–H and O–H groups in total. The topological polar surface area (TPSA) is 57.6 Å². The maximum atomic E-state index is 13.1. The van der Waals surface area contributed by atoms with E-state index in [1.54, 1.807) is 11.8 Å². The normalized spacial score (nSPS) is 21.1. The third-order valence-corrected chi connectivity index (χ3v) is 4.18. The molecular weight excluding hydrogens is 292 g/mol. The Bertz CT molecular complexity index is 591. The van der Waals surface area contributed by atoms with Crippen LogP contribution in [0.1, 0.15) is 31.7 Å². The Labute approximate surface area is 127 Å². The molecule has 1 aliphatic rings. The van der Waals surface area contributed by atoms with Crippen LogP contribution in [0.15, 0.2) is 18.2 Å². The summed E-state index contributed by atoms with van der Waals surface area (Å²) >= 11 is 0. The average Bonchev–Trinajstić information content (AvgIpc) is 2.87. The minimum Gasteiger partial charge on any atom is -0.481 e. The van der Waals surface area contributed by atoms with Crippen molar-refractivity contribution in [1.82, 2.24) is 4.90 Å². The molecule has 1 aromatic rings. The smallest absolute Gasteiger partial charge is 0.311 e. The number of halogens is 2. The highest BCUT2D eigenvalue weighted by Crippen LogP contribution is 2.30. The van der Waals surface area contributed by atoms with Crippen molar-refractivity contribution in [3.05, 3.63) is 35.4 Å². The summed E-state index contributed by atoms with van der Waals surface area (Å²) in [5, 5.41) is 9.14. The number of carbonyl (C=O) groups is 2. The fourth-order valence-electron chi connectivity index (χ4n) is 2.65. The van der Waals surface area contributed by atoms with Crippen LogP contribution in [0.5, 0.6) is 0 Å². The fourth-order valence-corrected chi connectivity index (χ4v) is 2.65. The molecule has 1 aromatic carbocycles. The number of benzene rings is 1. The number of hydrogen-bond acceptors (Lipinski definition) is 2. The quantitative estimate of drug-likeness (QED) is 0.909. The van der Waals surface area contributed by atoms with Gasteiger partial charge in [-0.2, -0.15) is 0 Å². The molecule has 0 aromatic heterocycles. The molecule has 0 spiro atoms. The summed E-state index contributed by atoms with van der Waals surface area (Å²) in [6.45, 7) is 2.32. The van der Waals surface area contributed by atoms with Crippen molar-refractivity contribution in [2.45, 2.75) is 32.6 Å². The molecule has 0 unspecified atom stereocenters. The lowest BCUT2D eigenvalue weighted by atomic mass is 9.90. The third kappa shape index (κ3) is 3.61. The standard InChI is InChI=1S/C16H19F2NO3/c1-16(15(21)22)7-8-19(10-16)14(20)4-2-3-11-5-6-12(17)13(18)9-11/h5-6,9H,2-4,7-8,10H2,1H3,(H,21,22)/t16-/m1/s1. The Hall–Kier alpha value is -1.98. The van der Waals surface area contributed by atoms with Gasteiger partial charge in [0, 0.05) is 19.5 Å². The zero-order valence-corrected chi connectivity index (χ0v) is 12.4. The zero-order chi connectivity index (χ0) is 16.3. The van der Waals surface area contributed by atoms with Crippen LogP contribution in [0.25, 0.3) is 0 Å². The van der Waals surface area contributed by atoms with Gasteiger partial charge in [0.1, 0.15) is 0 Å². The van der Waals surface area contributed by atoms with Gasteiger partial charge in [0.25, 0.3) is 0 Å². The number of carboxylic acids is 1. The Morgan fingerprint density at radius 1 is 1.32 bits per heavy atom. The lowest BCUT2D eigenvalue weighted by Gasteiger charge is -2.20. The van der Waals surface area contributed by atoms with Crippen molar-refractivity contribution in [3.8, 4) is 0 Å². The first-order chi connectivity index (χ1) is 10.3. The number of aryl methyl sites for hydroxylation is 1. The molecule has 1 aliphatic heterocycles. The molecule has 4 nitrogen and oxygen atoms in total. The lowest BCUT2D eigenvalue weighted by Crippen LogP contribution is -2.34. The Morgan fingerprint density at radius 2 is 2.05 bits per heavy atom. The molecule has 0 bridgehead atoms. The molecular formula is C16H19F2NO3. The molecule has 1 heterocycles. The van der Waals surface area contributed by atoms with E-state index in [9.17, 15) is 18.4 Å². The summed E-state index contributed by atoms with van der Waals surface area (Å²) in [7, 11) is 0. The van der Waals surface area contributed by atoms with Crippen molar-refractivity contribution < 1.29 is 23.5 Å². The maximum Gasteiger partial charge on any atom is 0.311 e. The first kappa shape index (κ1) is 16.4. The van der Waals surface area contributed by atoms with E-state index in [4.69, 9.17) is 5.11 Å². The van der Waals surface area contributed by atoms with Gasteiger partial charge in [0.15, 0.2) is 11.6 Å². The molecule has 22 heavy (non-hydrogen) atoms.